The lowest BCUT2D eigenvalue weighted by atomic mass is 10.3. The van der Waals surface area contributed by atoms with E-state index >= 15 is 0 Å². The van der Waals surface area contributed by atoms with E-state index in [1.807, 2.05) is 30.3 Å². The Bertz CT molecular complexity index is 516. The van der Waals surface area contributed by atoms with Gasteiger partial charge in [0.1, 0.15) is 11.5 Å². The number of halogens is 2. The van der Waals surface area contributed by atoms with Gasteiger partial charge in [-0.15, -0.1) is 0 Å². The van der Waals surface area contributed by atoms with E-state index in [9.17, 15) is 0 Å². The van der Waals surface area contributed by atoms with Gasteiger partial charge in [-0.2, -0.15) is 0 Å². The monoisotopic (exact) mass is 345 g/mol. The number of ether oxygens (including phenoxy) is 1. The number of nitrogen functional groups attached to an aromatic ring is 1. The van der Waals surface area contributed by atoms with E-state index < -0.39 is 0 Å². The fourth-order valence-electron chi connectivity index (χ4n) is 1.27. The van der Waals surface area contributed by atoms with Gasteiger partial charge in [-0.25, -0.2) is 0 Å². The van der Waals surface area contributed by atoms with Crippen LogP contribution in [0.25, 0.3) is 0 Å². The first-order chi connectivity index (χ1) is 7.65. The molecule has 0 aromatic heterocycles. The summed E-state index contributed by atoms with van der Waals surface area (Å²) in [5.41, 5.74) is 6.46. The topological polar surface area (TPSA) is 35.2 Å². The quantitative estimate of drug-likeness (QED) is 0.650. The molecule has 4 heteroatoms. The van der Waals surface area contributed by atoms with Gasteiger partial charge in [0, 0.05) is 8.59 Å². The highest BCUT2D eigenvalue weighted by atomic mass is 127. The largest absolute Gasteiger partial charge is 0.455 e. The first-order valence-corrected chi connectivity index (χ1v) is 6.09. The molecular formula is C12H9ClINO. The number of nitrogens with two attached hydrogens (primary N) is 1. The van der Waals surface area contributed by atoms with Crippen LogP contribution in [-0.2, 0) is 0 Å². The van der Waals surface area contributed by atoms with E-state index in [2.05, 4.69) is 22.6 Å². The fourth-order valence-corrected chi connectivity index (χ4v) is 1.97. The van der Waals surface area contributed by atoms with Crippen molar-refractivity contribution in [1.29, 1.82) is 0 Å². The predicted octanol–water partition coefficient (Wildman–Crippen LogP) is 4.32. The molecule has 0 aliphatic rings. The van der Waals surface area contributed by atoms with Gasteiger partial charge in [0.2, 0.25) is 0 Å². The highest BCUT2D eigenvalue weighted by Crippen LogP contribution is 2.29. The Morgan fingerprint density at radius 3 is 2.62 bits per heavy atom. The maximum absolute atomic E-state index is 5.86. The summed E-state index contributed by atoms with van der Waals surface area (Å²) in [6.07, 6.45) is 0. The average molecular weight is 346 g/mol. The molecule has 2 nitrogen and oxygen atoms in total. The molecule has 0 radical (unpaired) electrons. The summed E-state index contributed by atoms with van der Waals surface area (Å²) in [7, 11) is 0. The van der Waals surface area contributed by atoms with Crippen molar-refractivity contribution in [3.8, 4) is 11.5 Å². The second-order valence-electron chi connectivity index (χ2n) is 3.24. The molecule has 0 saturated heterocycles. The van der Waals surface area contributed by atoms with Crippen LogP contribution in [0.15, 0.2) is 42.5 Å². The molecular weight excluding hydrogens is 336 g/mol. The predicted molar refractivity (Wildman–Crippen MR) is 75.1 cm³/mol. The van der Waals surface area contributed by atoms with Crippen LogP contribution in [0.4, 0.5) is 5.69 Å². The lowest BCUT2D eigenvalue weighted by Gasteiger charge is -2.08. The second-order valence-corrected chi connectivity index (χ2v) is 4.92. The molecule has 0 saturated carbocycles. The zero-order chi connectivity index (χ0) is 11.5. The summed E-state index contributed by atoms with van der Waals surface area (Å²) in [5.74, 6) is 1.32. The fraction of sp³-hybridized carbons (Fsp3) is 0. The normalized spacial score (nSPS) is 10.1. The van der Waals surface area contributed by atoms with Crippen molar-refractivity contribution in [3.05, 3.63) is 51.1 Å². The maximum Gasteiger partial charge on any atom is 0.150 e. The minimum Gasteiger partial charge on any atom is -0.455 e. The molecule has 0 aliphatic carbocycles. The lowest BCUT2D eigenvalue weighted by Crippen LogP contribution is -1.92. The zero-order valence-electron chi connectivity index (χ0n) is 8.28. The molecule has 0 fully saturated rings. The van der Waals surface area contributed by atoms with Gasteiger partial charge >= 0.3 is 0 Å². The van der Waals surface area contributed by atoms with Crippen molar-refractivity contribution in [2.75, 3.05) is 5.73 Å². The van der Waals surface area contributed by atoms with Gasteiger partial charge in [0.05, 0.1) is 5.69 Å². The van der Waals surface area contributed by atoms with Crippen molar-refractivity contribution in [2.45, 2.75) is 0 Å². The van der Waals surface area contributed by atoms with Gasteiger partial charge in [0.15, 0.2) is 0 Å². The minimum atomic E-state index is 0.617. The molecule has 16 heavy (non-hydrogen) atoms. The Morgan fingerprint density at radius 2 is 1.94 bits per heavy atom. The van der Waals surface area contributed by atoms with Gasteiger partial charge in [-0.05, 0) is 59.0 Å². The molecule has 0 bridgehead atoms. The van der Waals surface area contributed by atoms with Gasteiger partial charge < -0.3 is 10.5 Å². The van der Waals surface area contributed by atoms with E-state index in [0.29, 0.717) is 22.2 Å². The molecule has 2 aromatic rings. The number of anilines is 1. The van der Waals surface area contributed by atoms with Crippen LogP contribution in [0.2, 0.25) is 5.02 Å². The smallest absolute Gasteiger partial charge is 0.150 e. The van der Waals surface area contributed by atoms with Crippen LogP contribution in [0, 0.1) is 3.57 Å². The summed E-state index contributed by atoms with van der Waals surface area (Å²) < 4.78 is 6.71. The number of benzene rings is 2. The van der Waals surface area contributed by atoms with Crippen molar-refractivity contribution in [2.24, 2.45) is 0 Å². The first-order valence-electron chi connectivity index (χ1n) is 4.63. The van der Waals surface area contributed by atoms with Crippen LogP contribution < -0.4 is 10.5 Å². The highest BCUT2D eigenvalue weighted by molar-refractivity contribution is 14.1. The second kappa shape index (κ2) is 4.93. The molecule has 0 aliphatic heterocycles. The number of rotatable bonds is 2. The summed E-state index contributed by atoms with van der Waals surface area (Å²) in [4.78, 5) is 0. The molecule has 0 amide bonds. The summed E-state index contributed by atoms with van der Waals surface area (Å²) in [6.45, 7) is 0. The summed E-state index contributed by atoms with van der Waals surface area (Å²) in [5, 5.41) is 0.640. The van der Waals surface area contributed by atoms with E-state index in [-0.39, 0.29) is 0 Å². The highest BCUT2D eigenvalue weighted by Gasteiger charge is 2.02. The zero-order valence-corrected chi connectivity index (χ0v) is 11.2. The Kier molecular flexibility index (Phi) is 3.56. The SMILES string of the molecule is Nc1cc(I)ccc1Oc1cccc(Cl)c1. The molecule has 0 heterocycles. The average Bonchev–Trinajstić information content (AvgIpc) is 2.22. The Hall–Kier alpha value is -0.940. The Balaban J connectivity index is 2.27. The van der Waals surface area contributed by atoms with Gasteiger partial charge in [-0.1, -0.05) is 17.7 Å². The maximum atomic E-state index is 5.86. The van der Waals surface area contributed by atoms with Crippen molar-refractivity contribution >= 4 is 39.9 Å². The van der Waals surface area contributed by atoms with E-state index in [1.54, 1.807) is 12.1 Å². The number of hydrogen-bond donors (Lipinski definition) is 1. The number of hydrogen-bond acceptors (Lipinski definition) is 2. The van der Waals surface area contributed by atoms with Gasteiger partial charge in [0.25, 0.3) is 0 Å². The summed E-state index contributed by atoms with van der Waals surface area (Å²) in [6, 6.07) is 12.9. The third-order valence-electron chi connectivity index (χ3n) is 2.00. The van der Waals surface area contributed by atoms with E-state index in [1.165, 1.54) is 0 Å². The van der Waals surface area contributed by atoms with Crippen LogP contribution >= 0.6 is 34.2 Å². The molecule has 2 rings (SSSR count). The molecule has 0 atom stereocenters. The minimum absolute atomic E-state index is 0.617. The van der Waals surface area contributed by atoms with Gasteiger partial charge in [-0.3, -0.25) is 0 Å². The molecule has 82 valence electrons. The lowest BCUT2D eigenvalue weighted by molar-refractivity contribution is 0.485. The van der Waals surface area contributed by atoms with Crippen molar-refractivity contribution in [3.63, 3.8) is 0 Å². The van der Waals surface area contributed by atoms with Crippen molar-refractivity contribution < 1.29 is 4.74 Å². The summed E-state index contributed by atoms with van der Waals surface area (Å²) >= 11 is 8.07. The van der Waals surface area contributed by atoms with Crippen LogP contribution in [0.5, 0.6) is 11.5 Å². The van der Waals surface area contributed by atoms with Crippen LogP contribution in [0.1, 0.15) is 0 Å². The van der Waals surface area contributed by atoms with Crippen LogP contribution in [-0.4, -0.2) is 0 Å². The third kappa shape index (κ3) is 2.80. The van der Waals surface area contributed by atoms with Crippen molar-refractivity contribution in [1.82, 2.24) is 0 Å². The molecule has 2 N–H and O–H groups in total. The standard InChI is InChI=1S/C12H9ClINO/c13-8-2-1-3-10(6-8)16-12-5-4-9(14)7-11(12)15/h1-7H,15H2. The molecule has 2 aromatic carbocycles. The van der Waals surface area contributed by atoms with Crippen LogP contribution in [0.3, 0.4) is 0 Å². The van der Waals surface area contributed by atoms with E-state index in [4.69, 9.17) is 22.1 Å². The first kappa shape index (κ1) is 11.5. The molecule has 0 unspecified atom stereocenters. The third-order valence-corrected chi connectivity index (χ3v) is 2.90. The Morgan fingerprint density at radius 1 is 1.12 bits per heavy atom. The molecule has 0 spiro atoms. The Labute approximate surface area is 113 Å². The van der Waals surface area contributed by atoms with E-state index in [0.717, 1.165) is 3.57 Å².